The zero-order valence-electron chi connectivity index (χ0n) is 18.3. The van der Waals surface area contributed by atoms with E-state index in [1.807, 2.05) is 61.1 Å². The Hall–Kier alpha value is -3.74. The van der Waals surface area contributed by atoms with Crippen molar-refractivity contribution >= 4 is 17.5 Å². The number of aryl methyl sites for hydroxylation is 2. The van der Waals surface area contributed by atoms with Crippen LogP contribution in [-0.4, -0.2) is 45.6 Å². The number of hydrazone groups is 1. The van der Waals surface area contributed by atoms with E-state index < -0.39 is 11.7 Å². The lowest BCUT2D eigenvalue weighted by molar-refractivity contribution is -0.133. The van der Waals surface area contributed by atoms with Gasteiger partial charge in [0.15, 0.2) is 0 Å². The molecule has 3 aromatic rings. The van der Waals surface area contributed by atoms with Crippen molar-refractivity contribution in [1.82, 2.24) is 14.5 Å². The summed E-state index contributed by atoms with van der Waals surface area (Å²) in [6, 6.07) is 17.4. The standard InChI is InChI=1S/C25H25FN4O2/c1-17-10-12-18(13-11-17)23-15-21(22-9-6-14-28(22)2)27-30(23)24(31)16-29(3)25(32)19-7-4-5-8-20(19)26/h4-14,23H,15-16H2,1-3H3/t23-/m1/s1. The molecule has 0 bridgehead atoms. The first-order chi connectivity index (χ1) is 15.3. The summed E-state index contributed by atoms with van der Waals surface area (Å²) in [6.07, 6.45) is 2.50. The molecule has 0 N–H and O–H groups in total. The first-order valence-corrected chi connectivity index (χ1v) is 10.4. The molecule has 0 saturated heterocycles. The SMILES string of the molecule is Cc1ccc([C@H]2CC(c3cccn3C)=NN2C(=O)CN(C)C(=O)c2ccccc2F)cc1. The van der Waals surface area contributed by atoms with Crippen LogP contribution in [0.25, 0.3) is 0 Å². The van der Waals surface area contributed by atoms with Crippen LogP contribution in [-0.2, 0) is 11.8 Å². The van der Waals surface area contributed by atoms with Gasteiger partial charge in [-0.25, -0.2) is 9.40 Å². The minimum absolute atomic E-state index is 0.0627. The van der Waals surface area contributed by atoms with Crippen LogP contribution in [0.3, 0.4) is 0 Å². The second-order valence-corrected chi connectivity index (χ2v) is 8.06. The van der Waals surface area contributed by atoms with Gasteiger partial charge >= 0.3 is 0 Å². The van der Waals surface area contributed by atoms with Gasteiger partial charge in [-0.2, -0.15) is 5.10 Å². The van der Waals surface area contributed by atoms with E-state index in [1.165, 1.54) is 35.2 Å². The van der Waals surface area contributed by atoms with Gasteiger partial charge in [0.1, 0.15) is 12.4 Å². The summed E-state index contributed by atoms with van der Waals surface area (Å²) in [7, 11) is 3.43. The molecule has 4 rings (SSSR count). The number of carbonyl (C=O) groups excluding carboxylic acids is 2. The Balaban J connectivity index is 1.59. The molecule has 1 aromatic heterocycles. The van der Waals surface area contributed by atoms with E-state index in [4.69, 9.17) is 0 Å². The first kappa shape index (κ1) is 21.5. The van der Waals surface area contributed by atoms with Crippen molar-refractivity contribution in [2.75, 3.05) is 13.6 Å². The van der Waals surface area contributed by atoms with Gasteiger partial charge in [-0.3, -0.25) is 9.59 Å². The van der Waals surface area contributed by atoms with Gasteiger partial charge < -0.3 is 9.47 Å². The number of likely N-dealkylation sites (N-methyl/N-ethyl adjacent to an activating group) is 1. The number of hydrogen-bond donors (Lipinski definition) is 0. The average molecular weight is 432 g/mol. The van der Waals surface area contributed by atoms with Crippen molar-refractivity contribution in [3.63, 3.8) is 0 Å². The van der Waals surface area contributed by atoms with Crippen LogP contribution < -0.4 is 0 Å². The third kappa shape index (κ3) is 4.19. The Morgan fingerprint density at radius 3 is 2.47 bits per heavy atom. The minimum atomic E-state index is -0.612. The van der Waals surface area contributed by atoms with E-state index in [-0.39, 0.29) is 24.1 Å². The molecule has 2 aromatic carbocycles. The molecule has 0 aliphatic carbocycles. The number of benzene rings is 2. The molecule has 0 spiro atoms. The number of amides is 2. The van der Waals surface area contributed by atoms with E-state index >= 15 is 0 Å². The molecule has 6 nitrogen and oxygen atoms in total. The van der Waals surface area contributed by atoms with Gasteiger partial charge in [0.25, 0.3) is 11.8 Å². The Bertz CT molecular complexity index is 1180. The van der Waals surface area contributed by atoms with Crippen LogP contribution in [0.1, 0.15) is 39.6 Å². The number of carbonyl (C=O) groups is 2. The highest BCUT2D eigenvalue weighted by molar-refractivity contribution is 6.02. The first-order valence-electron chi connectivity index (χ1n) is 10.4. The second-order valence-electron chi connectivity index (χ2n) is 8.06. The summed E-state index contributed by atoms with van der Waals surface area (Å²) < 4.78 is 16.0. The van der Waals surface area contributed by atoms with Crippen molar-refractivity contribution in [3.05, 3.63) is 95.1 Å². The summed E-state index contributed by atoms with van der Waals surface area (Å²) >= 11 is 0. The van der Waals surface area contributed by atoms with Crippen LogP contribution in [0.4, 0.5) is 4.39 Å². The van der Waals surface area contributed by atoms with Crippen molar-refractivity contribution < 1.29 is 14.0 Å². The molecule has 0 saturated carbocycles. The fraction of sp³-hybridized carbons (Fsp3) is 0.240. The third-order valence-corrected chi connectivity index (χ3v) is 5.69. The maximum Gasteiger partial charge on any atom is 0.262 e. The van der Waals surface area contributed by atoms with Crippen LogP contribution in [0.5, 0.6) is 0 Å². The van der Waals surface area contributed by atoms with Gasteiger partial charge in [0.2, 0.25) is 0 Å². The van der Waals surface area contributed by atoms with E-state index in [9.17, 15) is 14.0 Å². The molecule has 32 heavy (non-hydrogen) atoms. The second kappa shape index (κ2) is 8.78. The lowest BCUT2D eigenvalue weighted by Gasteiger charge is -2.25. The summed E-state index contributed by atoms with van der Waals surface area (Å²) in [6.45, 7) is 1.80. The Morgan fingerprint density at radius 2 is 1.81 bits per heavy atom. The normalized spacial score (nSPS) is 15.6. The van der Waals surface area contributed by atoms with E-state index in [0.29, 0.717) is 6.42 Å². The number of nitrogens with zero attached hydrogens (tertiary/aromatic N) is 4. The molecule has 1 aliphatic rings. The zero-order valence-corrected chi connectivity index (χ0v) is 18.3. The molecule has 0 fully saturated rings. The van der Waals surface area contributed by atoms with Crippen molar-refractivity contribution in [2.24, 2.45) is 12.1 Å². The van der Waals surface area contributed by atoms with Crippen molar-refractivity contribution in [1.29, 1.82) is 0 Å². The van der Waals surface area contributed by atoms with Crippen molar-refractivity contribution in [2.45, 2.75) is 19.4 Å². The number of rotatable bonds is 5. The molecule has 164 valence electrons. The molecule has 2 amide bonds. The highest BCUT2D eigenvalue weighted by atomic mass is 19.1. The van der Waals surface area contributed by atoms with Gasteiger partial charge in [0.05, 0.1) is 23.0 Å². The van der Waals surface area contributed by atoms with Gasteiger partial charge in [-0.1, -0.05) is 42.0 Å². The average Bonchev–Trinajstić information content (AvgIpc) is 3.40. The molecule has 0 radical (unpaired) electrons. The topological polar surface area (TPSA) is 57.9 Å². The molecule has 7 heteroatoms. The lowest BCUT2D eigenvalue weighted by atomic mass is 9.99. The zero-order chi connectivity index (χ0) is 22.8. The molecule has 2 heterocycles. The molecular weight excluding hydrogens is 407 g/mol. The minimum Gasteiger partial charge on any atom is -0.350 e. The van der Waals surface area contributed by atoms with Gasteiger partial charge in [-0.15, -0.1) is 0 Å². The summed E-state index contributed by atoms with van der Waals surface area (Å²) in [5.41, 5.74) is 3.78. The van der Waals surface area contributed by atoms with Crippen LogP contribution in [0.2, 0.25) is 0 Å². The summed E-state index contributed by atoms with van der Waals surface area (Å²) in [4.78, 5) is 27.2. The number of hydrogen-bond acceptors (Lipinski definition) is 3. The van der Waals surface area contributed by atoms with Crippen molar-refractivity contribution in [3.8, 4) is 0 Å². The number of aromatic nitrogens is 1. The third-order valence-electron chi connectivity index (χ3n) is 5.69. The lowest BCUT2D eigenvalue weighted by Crippen LogP contribution is -2.39. The highest BCUT2D eigenvalue weighted by Gasteiger charge is 2.34. The Labute approximate surface area is 186 Å². The molecule has 1 aliphatic heterocycles. The number of halogens is 1. The van der Waals surface area contributed by atoms with Gasteiger partial charge in [-0.05, 0) is 36.8 Å². The maximum atomic E-state index is 14.0. The monoisotopic (exact) mass is 432 g/mol. The van der Waals surface area contributed by atoms with E-state index in [0.717, 1.165) is 22.5 Å². The van der Waals surface area contributed by atoms with Crippen LogP contribution in [0.15, 0.2) is 72.0 Å². The Morgan fingerprint density at radius 1 is 1.09 bits per heavy atom. The highest BCUT2D eigenvalue weighted by Crippen LogP contribution is 2.33. The van der Waals surface area contributed by atoms with Gasteiger partial charge in [0, 0.05) is 26.7 Å². The smallest absolute Gasteiger partial charge is 0.262 e. The fourth-order valence-corrected chi connectivity index (χ4v) is 3.89. The van der Waals surface area contributed by atoms with Crippen LogP contribution in [0, 0.1) is 12.7 Å². The maximum absolute atomic E-state index is 14.0. The molecule has 0 unspecified atom stereocenters. The Kier molecular flexibility index (Phi) is 5.90. The molecule has 1 atom stereocenters. The van der Waals surface area contributed by atoms with Crippen LogP contribution >= 0.6 is 0 Å². The fourth-order valence-electron chi connectivity index (χ4n) is 3.89. The van der Waals surface area contributed by atoms with E-state index in [2.05, 4.69) is 5.10 Å². The summed E-state index contributed by atoms with van der Waals surface area (Å²) in [5, 5.41) is 6.10. The predicted molar refractivity (Wildman–Crippen MR) is 121 cm³/mol. The molecular formula is C25H25FN4O2. The van der Waals surface area contributed by atoms with E-state index in [1.54, 1.807) is 6.07 Å². The predicted octanol–water partition coefficient (Wildman–Crippen LogP) is 3.92. The largest absolute Gasteiger partial charge is 0.350 e. The summed E-state index contributed by atoms with van der Waals surface area (Å²) in [5.74, 6) is -1.49. The quantitative estimate of drug-likeness (QED) is 0.614.